The van der Waals surface area contributed by atoms with E-state index in [1.807, 2.05) is 18.2 Å². The van der Waals surface area contributed by atoms with Gasteiger partial charge in [-0.2, -0.15) is 9.61 Å². The molecule has 2 aromatic heterocycles. The first-order chi connectivity index (χ1) is 9.81. The van der Waals surface area contributed by atoms with E-state index >= 15 is 0 Å². The van der Waals surface area contributed by atoms with Crippen molar-refractivity contribution in [2.45, 2.75) is 0 Å². The molecule has 0 atom stereocenters. The highest BCUT2D eigenvalue weighted by Gasteiger charge is 2.07. The van der Waals surface area contributed by atoms with Crippen molar-refractivity contribution < 1.29 is 0 Å². The third-order valence-corrected chi connectivity index (χ3v) is 3.21. The predicted molar refractivity (Wildman–Crippen MR) is 75.9 cm³/mol. The van der Waals surface area contributed by atoms with E-state index in [0.29, 0.717) is 5.78 Å². The maximum Gasteiger partial charge on any atom is 0.274 e. The lowest BCUT2D eigenvalue weighted by Crippen LogP contribution is -2.00. The maximum atomic E-state index is 5.63. The van der Waals surface area contributed by atoms with E-state index < -0.39 is 0 Å². The monoisotopic (exact) mass is 262 g/mol. The van der Waals surface area contributed by atoms with Gasteiger partial charge in [0.1, 0.15) is 0 Å². The van der Waals surface area contributed by atoms with Crippen LogP contribution in [0.15, 0.2) is 48.7 Å². The third kappa shape index (κ3) is 1.58. The van der Waals surface area contributed by atoms with Crippen molar-refractivity contribution in [3.8, 4) is 11.3 Å². The fourth-order valence-electron chi connectivity index (χ4n) is 2.20. The number of nitrogens with zero attached hydrogens (tertiary/aromatic N) is 5. The van der Waals surface area contributed by atoms with Gasteiger partial charge in [0.05, 0.1) is 11.9 Å². The molecular formula is C14H10N6. The van der Waals surface area contributed by atoms with Gasteiger partial charge >= 0.3 is 0 Å². The van der Waals surface area contributed by atoms with E-state index in [1.165, 1.54) is 9.90 Å². The normalized spacial score (nSPS) is 11.2. The summed E-state index contributed by atoms with van der Waals surface area (Å²) >= 11 is 0. The van der Waals surface area contributed by atoms with E-state index in [1.54, 1.807) is 6.20 Å². The largest absolute Gasteiger partial charge is 0.366 e. The van der Waals surface area contributed by atoms with Gasteiger partial charge in [-0.3, -0.25) is 0 Å². The van der Waals surface area contributed by atoms with Gasteiger partial charge in [0.25, 0.3) is 5.78 Å². The summed E-state index contributed by atoms with van der Waals surface area (Å²) < 4.78 is 1.41. The third-order valence-electron chi connectivity index (χ3n) is 3.21. The zero-order valence-corrected chi connectivity index (χ0v) is 10.4. The highest BCUT2D eigenvalue weighted by Crippen LogP contribution is 2.22. The number of nitrogens with two attached hydrogens (primary N) is 1. The molecule has 0 saturated carbocycles. The Morgan fingerprint density at radius 3 is 2.70 bits per heavy atom. The summed E-state index contributed by atoms with van der Waals surface area (Å²) in [5, 5.41) is 14.2. The number of hydrogen-bond acceptors (Lipinski definition) is 5. The molecule has 2 heterocycles. The van der Waals surface area contributed by atoms with E-state index in [0.717, 1.165) is 16.6 Å². The smallest absolute Gasteiger partial charge is 0.274 e. The van der Waals surface area contributed by atoms with Gasteiger partial charge < -0.3 is 5.73 Å². The van der Waals surface area contributed by atoms with E-state index in [2.05, 4.69) is 44.5 Å². The summed E-state index contributed by atoms with van der Waals surface area (Å²) in [7, 11) is 0. The molecule has 0 unspecified atom stereocenters. The van der Waals surface area contributed by atoms with Crippen molar-refractivity contribution in [2.75, 3.05) is 5.73 Å². The minimum absolute atomic E-state index is 0.234. The average molecular weight is 262 g/mol. The molecular weight excluding hydrogens is 252 g/mol. The minimum atomic E-state index is 0.234. The van der Waals surface area contributed by atoms with Crippen molar-refractivity contribution in [3.63, 3.8) is 0 Å². The summed E-state index contributed by atoms with van der Waals surface area (Å²) in [6.07, 6.45) is 1.66. The Morgan fingerprint density at radius 1 is 0.950 bits per heavy atom. The quantitative estimate of drug-likeness (QED) is 0.566. The Labute approximate surface area is 113 Å². The molecule has 0 aliphatic heterocycles. The van der Waals surface area contributed by atoms with Crippen molar-refractivity contribution >= 4 is 22.5 Å². The molecule has 96 valence electrons. The summed E-state index contributed by atoms with van der Waals surface area (Å²) in [6.45, 7) is 0. The summed E-state index contributed by atoms with van der Waals surface area (Å²) in [6, 6.07) is 14.3. The Bertz CT molecular complexity index is 927. The lowest BCUT2D eigenvalue weighted by molar-refractivity contribution is 0.913. The Balaban J connectivity index is 1.91. The van der Waals surface area contributed by atoms with Crippen LogP contribution in [0.2, 0.25) is 0 Å². The molecule has 0 aliphatic carbocycles. The van der Waals surface area contributed by atoms with Gasteiger partial charge in [-0.1, -0.05) is 36.4 Å². The highest BCUT2D eigenvalue weighted by molar-refractivity contribution is 5.86. The molecule has 0 amide bonds. The van der Waals surface area contributed by atoms with Crippen LogP contribution >= 0.6 is 0 Å². The fraction of sp³-hybridized carbons (Fsp3) is 0. The molecule has 0 aliphatic rings. The van der Waals surface area contributed by atoms with Crippen molar-refractivity contribution in [1.29, 1.82) is 0 Å². The first-order valence-corrected chi connectivity index (χ1v) is 6.14. The zero-order chi connectivity index (χ0) is 13.5. The number of nitrogen functional groups attached to an aromatic ring is 1. The van der Waals surface area contributed by atoms with Gasteiger partial charge in [-0.15, -0.1) is 10.2 Å². The van der Waals surface area contributed by atoms with Crippen molar-refractivity contribution in [2.24, 2.45) is 0 Å². The van der Waals surface area contributed by atoms with Crippen LogP contribution in [0.25, 0.3) is 27.8 Å². The zero-order valence-electron chi connectivity index (χ0n) is 10.4. The number of aromatic nitrogens is 5. The average Bonchev–Trinajstić information content (AvgIpc) is 2.88. The number of anilines is 1. The highest BCUT2D eigenvalue weighted by atomic mass is 15.4. The first-order valence-electron chi connectivity index (χ1n) is 6.14. The van der Waals surface area contributed by atoms with Crippen LogP contribution in [-0.2, 0) is 0 Å². The van der Waals surface area contributed by atoms with Crippen molar-refractivity contribution in [1.82, 2.24) is 24.8 Å². The van der Waals surface area contributed by atoms with Gasteiger partial charge in [-0.05, 0) is 16.8 Å². The second-order valence-corrected chi connectivity index (χ2v) is 4.47. The molecule has 2 aromatic carbocycles. The molecule has 4 rings (SSSR count). The molecule has 0 fully saturated rings. The topological polar surface area (TPSA) is 82.0 Å². The van der Waals surface area contributed by atoms with E-state index in [-0.39, 0.29) is 5.95 Å². The SMILES string of the molecule is Nc1nnc2nc(-c3ccc4ccccc4c3)cnn12. The number of rotatable bonds is 1. The molecule has 4 aromatic rings. The molecule has 2 N–H and O–H groups in total. The van der Waals surface area contributed by atoms with E-state index in [9.17, 15) is 0 Å². The van der Waals surface area contributed by atoms with Crippen LogP contribution in [0.3, 0.4) is 0 Å². The van der Waals surface area contributed by atoms with Gasteiger partial charge in [0, 0.05) is 5.56 Å². The van der Waals surface area contributed by atoms with Crippen LogP contribution in [-0.4, -0.2) is 24.8 Å². The van der Waals surface area contributed by atoms with Crippen LogP contribution in [0.1, 0.15) is 0 Å². The number of hydrogen-bond donors (Lipinski definition) is 1. The van der Waals surface area contributed by atoms with Gasteiger partial charge in [0.2, 0.25) is 5.95 Å². The van der Waals surface area contributed by atoms with Crippen molar-refractivity contribution in [3.05, 3.63) is 48.7 Å². The second-order valence-electron chi connectivity index (χ2n) is 4.47. The summed E-state index contributed by atoms with van der Waals surface area (Å²) in [4.78, 5) is 4.42. The number of benzene rings is 2. The van der Waals surface area contributed by atoms with Gasteiger partial charge in [-0.25, -0.2) is 4.98 Å². The Hall–Kier alpha value is -3.02. The van der Waals surface area contributed by atoms with Crippen LogP contribution in [0.4, 0.5) is 5.95 Å². The summed E-state index contributed by atoms with van der Waals surface area (Å²) in [5.41, 5.74) is 7.36. The fourth-order valence-corrected chi connectivity index (χ4v) is 2.20. The van der Waals surface area contributed by atoms with E-state index in [4.69, 9.17) is 5.73 Å². The van der Waals surface area contributed by atoms with Crippen LogP contribution in [0, 0.1) is 0 Å². The predicted octanol–water partition coefficient (Wildman–Crippen LogP) is 1.92. The molecule has 6 nitrogen and oxygen atoms in total. The molecule has 0 radical (unpaired) electrons. The minimum Gasteiger partial charge on any atom is -0.366 e. The lowest BCUT2D eigenvalue weighted by Gasteiger charge is -2.03. The molecule has 0 bridgehead atoms. The molecule has 0 spiro atoms. The molecule has 0 saturated heterocycles. The molecule has 6 heteroatoms. The van der Waals surface area contributed by atoms with Gasteiger partial charge in [0.15, 0.2) is 0 Å². The number of fused-ring (bicyclic) bond motifs is 2. The molecule has 20 heavy (non-hydrogen) atoms. The standard InChI is InChI=1S/C14H10N6/c15-13-18-19-14-17-12(8-16-20(13)14)11-6-5-9-3-1-2-4-10(9)7-11/h1-8H,(H2,15,18). The Kier molecular flexibility index (Phi) is 2.17. The first kappa shape index (κ1) is 10.9. The second kappa shape index (κ2) is 3.99. The Morgan fingerprint density at radius 2 is 1.80 bits per heavy atom. The summed E-state index contributed by atoms with van der Waals surface area (Å²) in [5.74, 6) is 0.630. The van der Waals surface area contributed by atoms with Crippen LogP contribution in [0.5, 0.6) is 0 Å². The van der Waals surface area contributed by atoms with Crippen LogP contribution < -0.4 is 5.73 Å². The lowest BCUT2D eigenvalue weighted by atomic mass is 10.1. The maximum absolute atomic E-state index is 5.63.